The van der Waals surface area contributed by atoms with E-state index in [1.54, 1.807) is 24.3 Å². The molecular weight excluding hydrogens is 464 g/mol. The van der Waals surface area contributed by atoms with Gasteiger partial charge in [0.15, 0.2) is 0 Å². The summed E-state index contributed by atoms with van der Waals surface area (Å²) in [7, 11) is -3.53. The summed E-state index contributed by atoms with van der Waals surface area (Å²) >= 11 is 3.33. The molecule has 1 saturated heterocycles. The summed E-state index contributed by atoms with van der Waals surface area (Å²) in [6.07, 6.45) is 1.06. The summed E-state index contributed by atoms with van der Waals surface area (Å²) in [5.74, 6) is -0.170. The second-order valence-corrected chi connectivity index (χ2v) is 11.0. The van der Waals surface area contributed by atoms with Crippen LogP contribution in [0.15, 0.2) is 45.8 Å². The Balaban J connectivity index is 1.61. The van der Waals surface area contributed by atoms with Gasteiger partial charge in [0, 0.05) is 23.5 Å². The quantitative estimate of drug-likeness (QED) is 0.660. The highest BCUT2D eigenvalue weighted by molar-refractivity contribution is 9.10. The fourth-order valence-electron chi connectivity index (χ4n) is 3.97. The lowest BCUT2D eigenvalue weighted by Crippen LogP contribution is -2.43. The SMILES string of the molecule is Cc1cc(C)c([C@H](C)NC(=O)C2CCN(S(=O)(=O)c3ccc(Br)cc3)CC2)cc1C. The molecule has 2 aromatic rings. The van der Waals surface area contributed by atoms with E-state index in [2.05, 4.69) is 54.2 Å². The van der Waals surface area contributed by atoms with Crippen molar-refractivity contribution in [1.29, 1.82) is 0 Å². The number of rotatable bonds is 5. The standard InChI is InChI=1S/C23H29BrN2O3S/c1-15-13-17(3)22(14-16(15)2)18(4)25-23(27)19-9-11-26(12-10-19)30(28,29)21-7-5-20(24)6-8-21/h5-8,13-14,18-19H,9-12H2,1-4H3,(H,25,27)/t18-/m0/s1. The number of sulfonamides is 1. The first kappa shape index (κ1) is 23.0. The molecule has 1 aliphatic heterocycles. The van der Waals surface area contributed by atoms with Gasteiger partial charge < -0.3 is 5.32 Å². The second-order valence-electron chi connectivity index (χ2n) is 8.16. The van der Waals surface area contributed by atoms with Crippen molar-refractivity contribution < 1.29 is 13.2 Å². The molecule has 1 amide bonds. The number of piperidine rings is 1. The number of benzene rings is 2. The predicted molar refractivity (Wildman–Crippen MR) is 123 cm³/mol. The van der Waals surface area contributed by atoms with Crippen LogP contribution in [0.2, 0.25) is 0 Å². The summed E-state index contributed by atoms with van der Waals surface area (Å²) in [6, 6.07) is 10.9. The molecule has 0 spiro atoms. The summed E-state index contributed by atoms with van der Waals surface area (Å²) in [4.78, 5) is 13.1. The molecule has 162 valence electrons. The van der Waals surface area contributed by atoms with Gasteiger partial charge in [0.05, 0.1) is 10.9 Å². The number of hydrogen-bond donors (Lipinski definition) is 1. The van der Waals surface area contributed by atoms with Crippen LogP contribution in [0.1, 0.15) is 48.1 Å². The van der Waals surface area contributed by atoms with Crippen molar-refractivity contribution in [2.75, 3.05) is 13.1 Å². The fourth-order valence-corrected chi connectivity index (χ4v) is 5.71. The van der Waals surface area contributed by atoms with Crippen molar-refractivity contribution in [2.24, 2.45) is 5.92 Å². The van der Waals surface area contributed by atoms with Crippen LogP contribution in [0.4, 0.5) is 0 Å². The molecular formula is C23H29BrN2O3S. The maximum absolute atomic E-state index is 12.8. The lowest BCUT2D eigenvalue weighted by molar-refractivity contribution is -0.126. The number of carbonyl (C=O) groups excluding carboxylic acids is 1. The predicted octanol–water partition coefficient (Wildman–Crippen LogP) is 4.65. The number of hydrogen-bond acceptors (Lipinski definition) is 3. The van der Waals surface area contributed by atoms with Crippen LogP contribution in [0.25, 0.3) is 0 Å². The average Bonchev–Trinajstić information content (AvgIpc) is 2.71. The highest BCUT2D eigenvalue weighted by Gasteiger charge is 2.32. The molecule has 1 atom stereocenters. The number of nitrogens with one attached hydrogen (secondary N) is 1. The minimum atomic E-state index is -3.53. The summed E-state index contributed by atoms with van der Waals surface area (Å²) in [5.41, 5.74) is 4.75. The Bertz CT molecular complexity index is 1030. The van der Waals surface area contributed by atoms with Gasteiger partial charge in [-0.25, -0.2) is 8.42 Å². The molecule has 1 N–H and O–H groups in total. The minimum absolute atomic E-state index is 0.000757. The number of nitrogens with zero attached hydrogens (tertiary/aromatic N) is 1. The van der Waals surface area contributed by atoms with Crippen molar-refractivity contribution in [1.82, 2.24) is 9.62 Å². The van der Waals surface area contributed by atoms with Crippen molar-refractivity contribution in [3.8, 4) is 0 Å². The van der Waals surface area contributed by atoms with Gasteiger partial charge in [-0.3, -0.25) is 4.79 Å². The van der Waals surface area contributed by atoms with E-state index in [1.165, 1.54) is 21.0 Å². The third-order valence-corrected chi connectivity index (χ3v) is 8.43. The van der Waals surface area contributed by atoms with E-state index in [0.29, 0.717) is 25.9 Å². The van der Waals surface area contributed by atoms with Gasteiger partial charge in [-0.05, 0) is 87.1 Å². The van der Waals surface area contributed by atoms with Crippen LogP contribution in [0.3, 0.4) is 0 Å². The lowest BCUT2D eigenvalue weighted by Gasteiger charge is -2.31. The molecule has 0 unspecified atom stereocenters. The Morgan fingerprint density at radius 3 is 2.20 bits per heavy atom. The molecule has 1 fully saturated rings. The van der Waals surface area contributed by atoms with E-state index < -0.39 is 10.0 Å². The Morgan fingerprint density at radius 1 is 1.03 bits per heavy atom. The molecule has 30 heavy (non-hydrogen) atoms. The van der Waals surface area contributed by atoms with E-state index in [1.807, 2.05) is 6.92 Å². The van der Waals surface area contributed by atoms with E-state index in [4.69, 9.17) is 0 Å². The van der Waals surface area contributed by atoms with Gasteiger partial charge in [0.1, 0.15) is 0 Å². The Hall–Kier alpha value is -1.70. The van der Waals surface area contributed by atoms with Crippen molar-refractivity contribution in [3.05, 3.63) is 63.1 Å². The smallest absolute Gasteiger partial charge is 0.243 e. The molecule has 2 aromatic carbocycles. The minimum Gasteiger partial charge on any atom is -0.349 e. The molecule has 0 radical (unpaired) electrons. The molecule has 0 aliphatic carbocycles. The van der Waals surface area contributed by atoms with E-state index in [-0.39, 0.29) is 22.8 Å². The zero-order valence-electron chi connectivity index (χ0n) is 17.9. The highest BCUT2D eigenvalue weighted by Crippen LogP contribution is 2.27. The van der Waals surface area contributed by atoms with Crippen LogP contribution < -0.4 is 5.32 Å². The van der Waals surface area contributed by atoms with Crippen LogP contribution in [-0.2, 0) is 14.8 Å². The first-order valence-electron chi connectivity index (χ1n) is 10.2. The number of aryl methyl sites for hydroxylation is 3. The van der Waals surface area contributed by atoms with Crippen LogP contribution in [0.5, 0.6) is 0 Å². The number of amides is 1. The van der Waals surface area contributed by atoms with Gasteiger partial charge in [-0.1, -0.05) is 28.1 Å². The van der Waals surface area contributed by atoms with Gasteiger partial charge >= 0.3 is 0 Å². The largest absolute Gasteiger partial charge is 0.349 e. The first-order chi connectivity index (χ1) is 14.1. The Labute approximate surface area is 188 Å². The summed E-state index contributed by atoms with van der Waals surface area (Å²) in [5, 5.41) is 3.13. The second kappa shape index (κ2) is 9.20. The molecule has 3 rings (SSSR count). The van der Waals surface area contributed by atoms with E-state index in [9.17, 15) is 13.2 Å². The molecule has 0 saturated carbocycles. The molecule has 1 aliphatic rings. The third kappa shape index (κ3) is 4.95. The molecule has 0 bridgehead atoms. The van der Waals surface area contributed by atoms with Gasteiger partial charge in [0.2, 0.25) is 15.9 Å². The molecule has 0 aromatic heterocycles. The maximum atomic E-state index is 12.8. The van der Waals surface area contributed by atoms with Crippen LogP contribution in [-0.4, -0.2) is 31.7 Å². The zero-order chi connectivity index (χ0) is 22.1. The van der Waals surface area contributed by atoms with E-state index in [0.717, 1.165) is 10.0 Å². The summed E-state index contributed by atoms with van der Waals surface area (Å²) in [6.45, 7) is 8.94. The topological polar surface area (TPSA) is 66.5 Å². The highest BCUT2D eigenvalue weighted by atomic mass is 79.9. The van der Waals surface area contributed by atoms with Gasteiger partial charge in [0.25, 0.3) is 0 Å². The van der Waals surface area contributed by atoms with Crippen LogP contribution in [0, 0.1) is 26.7 Å². The van der Waals surface area contributed by atoms with Crippen molar-refractivity contribution in [3.63, 3.8) is 0 Å². The average molecular weight is 493 g/mol. The van der Waals surface area contributed by atoms with Gasteiger partial charge in [-0.2, -0.15) is 4.31 Å². The van der Waals surface area contributed by atoms with Gasteiger partial charge in [-0.15, -0.1) is 0 Å². The van der Waals surface area contributed by atoms with E-state index >= 15 is 0 Å². The molecule has 7 heteroatoms. The monoisotopic (exact) mass is 492 g/mol. The third-order valence-electron chi connectivity index (χ3n) is 5.98. The fraction of sp³-hybridized carbons (Fsp3) is 0.435. The lowest BCUT2D eigenvalue weighted by atomic mass is 9.94. The Kier molecular flexibility index (Phi) is 7.05. The molecule has 1 heterocycles. The zero-order valence-corrected chi connectivity index (χ0v) is 20.3. The van der Waals surface area contributed by atoms with Crippen LogP contribution >= 0.6 is 15.9 Å². The maximum Gasteiger partial charge on any atom is 0.243 e. The number of carbonyl (C=O) groups is 1. The normalized spacial score (nSPS) is 17.0. The Morgan fingerprint density at radius 2 is 1.60 bits per heavy atom. The van der Waals surface area contributed by atoms with Crippen molar-refractivity contribution >= 4 is 31.9 Å². The summed E-state index contributed by atoms with van der Waals surface area (Å²) < 4.78 is 28.0. The first-order valence-corrected chi connectivity index (χ1v) is 12.5. The molecule has 5 nitrogen and oxygen atoms in total. The van der Waals surface area contributed by atoms with Crippen molar-refractivity contribution in [2.45, 2.75) is 51.5 Å². The number of halogens is 1.